The Bertz CT molecular complexity index is 2880. The van der Waals surface area contributed by atoms with Crippen LogP contribution in [0.1, 0.15) is 75.6 Å². The van der Waals surface area contributed by atoms with Crippen molar-refractivity contribution in [2.24, 2.45) is 10.4 Å². The van der Waals surface area contributed by atoms with Crippen LogP contribution >= 0.6 is 0 Å². The molecule has 3 amide bonds. The van der Waals surface area contributed by atoms with Crippen LogP contribution in [-0.2, 0) is 35.6 Å². The van der Waals surface area contributed by atoms with Gasteiger partial charge in [0, 0.05) is 36.1 Å². The summed E-state index contributed by atoms with van der Waals surface area (Å²) in [7, 11) is 3.04. The van der Waals surface area contributed by atoms with Gasteiger partial charge in [-0.05, 0) is 97.7 Å². The maximum atomic E-state index is 14.6. The van der Waals surface area contributed by atoms with Gasteiger partial charge in [-0.3, -0.25) is 29.2 Å². The molecule has 14 heteroatoms. The fraction of sp³-hybridized carbons (Fsp3) is 0.302. The number of carbonyl (C=O) groups excluding carboxylic acids is 3. The Morgan fingerprint density at radius 2 is 1.37 bits per heavy atom. The zero-order valence-corrected chi connectivity index (χ0v) is 37.5. The van der Waals surface area contributed by atoms with Gasteiger partial charge in [-0.1, -0.05) is 60.7 Å². The molecule has 5 aromatic rings. The first-order valence-electron chi connectivity index (χ1n) is 22.5. The highest BCUT2D eigenvalue weighted by molar-refractivity contribution is 6.15. The predicted octanol–water partition coefficient (Wildman–Crippen LogP) is 9.27. The second-order valence-corrected chi connectivity index (χ2v) is 17.9. The number of nitrogens with zero attached hydrogens (tertiary/aromatic N) is 4. The molecule has 5 aliphatic rings. The van der Waals surface area contributed by atoms with Crippen molar-refractivity contribution in [1.82, 2.24) is 0 Å². The molecular formula is C53H50N4O10. The number of aliphatic imine (C=N–C) groups is 1. The highest BCUT2D eigenvalue weighted by Gasteiger charge is 2.43. The summed E-state index contributed by atoms with van der Waals surface area (Å²) in [5.41, 5.74) is 6.00. The molecule has 0 saturated heterocycles. The summed E-state index contributed by atoms with van der Waals surface area (Å²) < 4.78 is 30.5. The molecule has 0 unspecified atom stereocenters. The molecule has 14 nitrogen and oxygen atoms in total. The average Bonchev–Trinajstić information content (AvgIpc) is 3.83. The molecule has 1 N–H and O–H groups in total. The third-order valence-corrected chi connectivity index (χ3v) is 13.6. The number of benzene rings is 5. The lowest BCUT2D eigenvalue weighted by Gasteiger charge is -2.30. The van der Waals surface area contributed by atoms with E-state index in [-0.39, 0.29) is 49.2 Å². The number of carboxylic acids is 1. The maximum Gasteiger partial charge on any atom is 0.414 e. The van der Waals surface area contributed by atoms with E-state index in [0.717, 1.165) is 33.6 Å². The van der Waals surface area contributed by atoms with E-state index in [0.29, 0.717) is 78.5 Å². The second-order valence-electron chi connectivity index (χ2n) is 17.9. The number of aliphatic carboxylic acids is 1. The van der Waals surface area contributed by atoms with E-state index in [4.69, 9.17) is 28.7 Å². The third-order valence-electron chi connectivity index (χ3n) is 13.6. The number of ether oxygens (including phenoxy) is 5. The van der Waals surface area contributed by atoms with Gasteiger partial charge >= 0.3 is 12.1 Å². The molecule has 0 spiro atoms. The lowest BCUT2D eigenvalue weighted by atomic mass is 9.79. The molecule has 4 atom stereocenters. The number of anilines is 3. The van der Waals surface area contributed by atoms with Gasteiger partial charge in [-0.2, -0.15) is 0 Å². The number of carboxylic acid groups (broad SMARTS) is 1. The molecule has 0 bridgehead atoms. The molecule has 5 aromatic carbocycles. The molecular weight excluding hydrogens is 853 g/mol. The van der Waals surface area contributed by atoms with Crippen molar-refractivity contribution in [1.29, 1.82) is 0 Å². The third kappa shape index (κ3) is 8.10. The van der Waals surface area contributed by atoms with E-state index in [1.807, 2.05) is 91.2 Å². The highest BCUT2D eigenvalue weighted by Crippen LogP contribution is 2.44. The van der Waals surface area contributed by atoms with Crippen molar-refractivity contribution in [3.8, 4) is 23.0 Å². The quantitative estimate of drug-likeness (QED) is 0.134. The Balaban J connectivity index is 0.887. The number of fused-ring (bicyclic) bond motifs is 8. The summed E-state index contributed by atoms with van der Waals surface area (Å²) >= 11 is 0. The number of rotatable bonds is 10. The average molecular weight is 903 g/mol. The van der Waals surface area contributed by atoms with Crippen LogP contribution in [0.3, 0.4) is 0 Å². The van der Waals surface area contributed by atoms with Crippen LogP contribution in [0.25, 0.3) is 0 Å². The summed E-state index contributed by atoms with van der Waals surface area (Å²) in [6.45, 7) is 2.16. The van der Waals surface area contributed by atoms with Crippen LogP contribution in [0.2, 0.25) is 0 Å². The largest absolute Gasteiger partial charge is 0.493 e. The number of amides is 3. The Kier molecular flexibility index (Phi) is 11.4. The highest BCUT2D eigenvalue weighted by atomic mass is 16.6. The number of hydrogen-bond acceptors (Lipinski definition) is 10. The minimum absolute atomic E-state index is 0.110. The number of para-hydroxylation sites is 2. The second kappa shape index (κ2) is 17.6. The molecule has 4 aliphatic heterocycles. The van der Waals surface area contributed by atoms with Crippen LogP contribution in [0.15, 0.2) is 114 Å². The van der Waals surface area contributed by atoms with Crippen molar-refractivity contribution in [2.45, 2.75) is 76.9 Å². The smallest absolute Gasteiger partial charge is 0.414 e. The van der Waals surface area contributed by atoms with Crippen molar-refractivity contribution in [2.75, 3.05) is 35.5 Å². The van der Waals surface area contributed by atoms with Crippen LogP contribution in [0.5, 0.6) is 23.0 Å². The van der Waals surface area contributed by atoms with Crippen molar-refractivity contribution in [3.05, 3.63) is 143 Å². The van der Waals surface area contributed by atoms with Crippen molar-refractivity contribution in [3.63, 3.8) is 0 Å². The molecule has 0 radical (unpaired) electrons. The fourth-order valence-corrected chi connectivity index (χ4v) is 9.87. The van der Waals surface area contributed by atoms with Crippen molar-refractivity contribution < 1.29 is 48.0 Å². The minimum atomic E-state index is -0.942. The van der Waals surface area contributed by atoms with E-state index in [2.05, 4.69) is 0 Å². The summed E-state index contributed by atoms with van der Waals surface area (Å²) in [5.74, 6) is 0.166. The van der Waals surface area contributed by atoms with Gasteiger partial charge in [-0.15, -0.1) is 0 Å². The Labute approximate surface area is 388 Å². The molecule has 10 rings (SSSR count). The summed E-state index contributed by atoms with van der Waals surface area (Å²) in [6, 6.07) is 29.5. The van der Waals surface area contributed by atoms with Gasteiger partial charge in [0.2, 0.25) is 0 Å². The first kappa shape index (κ1) is 43.3. The molecule has 1 aliphatic carbocycles. The van der Waals surface area contributed by atoms with E-state index in [1.54, 1.807) is 41.0 Å². The maximum absolute atomic E-state index is 14.6. The number of allylic oxidation sites excluding steroid dienone is 1. The number of hydrogen-bond donors (Lipinski definition) is 1. The first-order valence-corrected chi connectivity index (χ1v) is 22.5. The first-order chi connectivity index (χ1) is 32.5. The molecule has 0 aromatic heterocycles. The summed E-state index contributed by atoms with van der Waals surface area (Å²) in [5, 5.41) is 9.96. The van der Waals surface area contributed by atoms with E-state index >= 15 is 0 Å². The lowest BCUT2D eigenvalue weighted by Crippen LogP contribution is -2.44. The molecule has 67 heavy (non-hydrogen) atoms. The van der Waals surface area contributed by atoms with Crippen LogP contribution < -0.4 is 33.6 Å². The summed E-state index contributed by atoms with van der Waals surface area (Å²) in [6.07, 6.45) is 7.14. The molecule has 4 heterocycles. The van der Waals surface area contributed by atoms with E-state index in [9.17, 15) is 24.3 Å². The molecule has 0 fully saturated rings. The fourth-order valence-electron chi connectivity index (χ4n) is 9.87. The minimum Gasteiger partial charge on any atom is -0.493 e. The van der Waals surface area contributed by atoms with Crippen LogP contribution in [0, 0.1) is 5.41 Å². The topological polar surface area (TPSA) is 157 Å². The normalized spacial score (nSPS) is 21.8. The molecule has 0 saturated carbocycles. The zero-order chi connectivity index (χ0) is 46.4. The van der Waals surface area contributed by atoms with Crippen LogP contribution in [0.4, 0.5) is 27.5 Å². The standard InChI is InChI=1S/C53H50N4O10/c1-53(51(60)61)19-9-8-15-38(18-20-53)67-52(62)55-29-37-23-35-14-5-7-17-43(35)57(37)50(59)40-25-46(64-3)48(27-44(40)55)66-31-33-12-10-11-32(21-33)30-65-47-26-41-39(24-45(47)63-2)49(58)56-36(28-54-41)22-34-13-4-6-16-42(34)56/h4-8,10-17,21,24-28,36-38H,9,18-20,22-23,29-31H2,1-3H3,(H,60,61)/b15-8+/t36-,37-,38-,53+/m0/s1. The van der Waals surface area contributed by atoms with E-state index < -0.39 is 23.6 Å². The lowest BCUT2D eigenvalue weighted by molar-refractivity contribution is -0.149. The number of methoxy groups -OCH3 is 2. The van der Waals surface area contributed by atoms with Gasteiger partial charge < -0.3 is 33.7 Å². The Hall–Kier alpha value is -7.61. The Morgan fingerprint density at radius 1 is 0.731 bits per heavy atom. The van der Waals surface area contributed by atoms with Gasteiger partial charge in [0.15, 0.2) is 23.0 Å². The predicted molar refractivity (Wildman–Crippen MR) is 252 cm³/mol. The zero-order valence-electron chi connectivity index (χ0n) is 37.5. The van der Waals surface area contributed by atoms with Crippen molar-refractivity contribution >= 4 is 52.8 Å². The van der Waals surface area contributed by atoms with Gasteiger partial charge in [0.1, 0.15) is 19.3 Å². The van der Waals surface area contributed by atoms with Gasteiger partial charge in [0.05, 0.1) is 60.8 Å². The summed E-state index contributed by atoms with van der Waals surface area (Å²) in [4.78, 5) is 64.8. The van der Waals surface area contributed by atoms with Gasteiger partial charge in [0.25, 0.3) is 11.8 Å². The van der Waals surface area contributed by atoms with Crippen LogP contribution in [-0.4, -0.2) is 74.2 Å². The number of carbonyl (C=O) groups is 4. The Morgan fingerprint density at radius 3 is 2.07 bits per heavy atom. The molecule has 342 valence electrons. The van der Waals surface area contributed by atoms with E-state index in [1.165, 1.54) is 19.1 Å². The van der Waals surface area contributed by atoms with Gasteiger partial charge in [-0.25, -0.2) is 4.79 Å². The monoisotopic (exact) mass is 902 g/mol. The SMILES string of the molecule is COc1cc2c(cc1OCc1cccc(COc3cc4c(cc3OC)C(=O)N3c5ccccc5C[C@H]3CN4C(=O)O[C@H]3/C=C/CC[C@@](C)(C(=O)O)CC3)c1)N=C[C@@H]1Cc3ccccc3N1C2=O.